The molecular weight excluding hydrogens is 320 g/mol. The summed E-state index contributed by atoms with van der Waals surface area (Å²) in [5, 5.41) is 4.05. The van der Waals surface area contributed by atoms with Gasteiger partial charge in [-0.1, -0.05) is 17.7 Å². The number of halogens is 1. The van der Waals surface area contributed by atoms with Gasteiger partial charge >= 0.3 is 0 Å². The van der Waals surface area contributed by atoms with Crippen LogP contribution in [0.1, 0.15) is 5.82 Å². The zero-order valence-corrected chi connectivity index (χ0v) is 13.0. The van der Waals surface area contributed by atoms with Crippen LogP contribution in [0.3, 0.4) is 0 Å². The smallest absolute Gasteiger partial charge is 0.240 e. The highest BCUT2D eigenvalue weighted by molar-refractivity contribution is 7.89. The predicted molar refractivity (Wildman–Crippen MR) is 79.8 cm³/mol. The number of hydrogen-bond donors (Lipinski definition) is 2. The Morgan fingerprint density at radius 2 is 2.15 bits per heavy atom. The molecule has 0 aliphatic carbocycles. The van der Waals surface area contributed by atoms with Gasteiger partial charge in [0.05, 0.1) is 4.90 Å². The Bertz CT molecular complexity index is 687. The highest BCUT2D eigenvalue weighted by Crippen LogP contribution is 2.15. The standard InChI is InChI=1S/C11H13ClN4O2S2/c1-8-15-11(19-16-8)13-5-6-14-20(17,18)10-4-2-3-9(12)7-10/h2-4,7,14H,5-6H2,1H3,(H,13,15,16). The molecule has 0 aliphatic heterocycles. The molecule has 2 rings (SSSR count). The van der Waals surface area contributed by atoms with E-state index in [9.17, 15) is 8.42 Å². The maximum atomic E-state index is 12.0. The summed E-state index contributed by atoms with van der Waals surface area (Å²) in [6.07, 6.45) is 0. The van der Waals surface area contributed by atoms with Crippen molar-refractivity contribution >= 4 is 38.3 Å². The molecule has 0 aliphatic rings. The molecule has 0 saturated carbocycles. The van der Waals surface area contributed by atoms with E-state index in [1.54, 1.807) is 19.1 Å². The fourth-order valence-corrected chi connectivity index (χ4v) is 3.37. The van der Waals surface area contributed by atoms with Crippen LogP contribution in [0.5, 0.6) is 0 Å². The van der Waals surface area contributed by atoms with Gasteiger partial charge in [0, 0.05) is 29.6 Å². The van der Waals surface area contributed by atoms with E-state index >= 15 is 0 Å². The lowest BCUT2D eigenvalue weighted by molar-refractivity contribution is 0.583. The van der Waals surface area contributed by atoms with Crippen molar-refractivity contribution in [1.82, 2.24) is 14.1 Å². The van der Waals surface area contributed by atoms with Crippen molar-refractivity contribution in [3.8, 4) is 0 Å². The van der Waals surface area contributed by atoms with E-state index in [0.29, 0.717) is 22.5 Å². The topological polar surface area (TPSA) is 84.0 Å². The Morgan fingerprint density at radius 3 is 2.80 bits per heavy atom. The summed E-state index contributed by atoms with van der Waals surface area (Å²) < 4.78 is 30.5. The third-order valence-electron chi connectivity index (χ3n) is 2.33. The molecule has 2 aromatic rings. The first-order valence-corrected chi connectivity index (χ1v) is 8.40. The molecule has 0 spiro atoms. The molecule has 20 heavy (non-hydrogen) atoms. The summed E-state index contributed by atoms with van der Waals surface area (Å²) in [5.41, 5.74) is 0. The lowest BCUT2D eigenvalue weighted by atomic mass is 10.4. The first-order chi connectivity index (χ1) is 9.47. The van der Waals surface area contributed by atoms with Crippen molar-refractivity contribution < 1.29 is 8.42 Å². The summed E-state index contributed by atoms with van der Waals surface area (Å²) in [4.78, 5) is 4.27. The Kier molecular flexibility index (Phi) is 4.92. The highest BCUT2D eigenvalue weighted by Gasteiger charge is 2.13. The maximum Gasteiger partial charge on any atom is 0.240 e. The van der Waals surface area contributed by atoms with Gasteiger partial charge in [0.25, 0.3) is 0 Å². The molecule has 9 heteroatoms. The minimum atomic E-state index is -3.54. The van der Waals surface area contributed by atoms with Gasteiger partial charge in [0.15, 0.2) is 0 Å². The van der Waals surface area contributed by atoms with Crippen LogP contribution in [0.25, 0.3) is 0 Å². The second kappa shape index (κ2) is 6.49. The normalized spacial score (nSPS) is 11.5. The number of rotatable bonds is 6. The number of nitrogens with one attached hydrogen (secondary N) is 2. The SMILES string of the molecule is Cc1nsc(NCCNS(=O)(=O)c2cccc(Cl)c2)n1. The number of anilines is 1. The Hall–Kier alpha value is -1.22. The minimum absolute atomic E-state index is 0.150. The van der Waals surface area contributed by atoms with Crippen LogP contribution >= 0.6 is 23.1 Å². The zero-order valence-electron chi connectivity index (χ0n) is 10.6. The summed E-state index contributed by atoms with van der Waals surface area (Å²) in [5.74, 6) is 0.692. The number of aryl methyl sites for hydroxylation is 1. The lowest BCUT2D eigenvalue weighted by Gasteiger charge is -2.07. The van der Waals surface area contributed by atoms with E-state index in [-0.39, 0.29) is 11.4 Å². The highest BCUT2D eigenvalue weighted by atomic mass is 35.5. The van der Waals surface area contributed by atoms with Gasteiger partial charge in [-0.3, -0.25) is 0 Å². The van der Waals surface area contributed by atoms with Gasteiger partial charge in [-0.2, -0.15) is 4.37 Å². The van der Waals surface area contributed by atoms with Gasteiger partial charge in [-0.15, -0.1) is 0 Å². The number of nitrogens with zero attached hydrogens (tertiary/aromatic N) is 2. The van der Waals surface area contributed by atoms with E-state index in [1.807, 2.05) is 0 Å². The molecule has 0 amide bonds. The average molecular weight is 333 g/mol. The zero-order chi connectivity index (χ0) is 14.6. The molecule has 1 heterocycles. The van der Waals surface area contributed by atoms with Crippen molar-refractivity contribution in [2.24, 2.45) is 0 Å². The van der Waals surface area contributed by atoms with E-state index in [2.05, 4.69) is 19.4 Å². The molecule has 0 saturated heterocycles. The molecule has 0 radical (unpaired) electrons. The first-order valence-electron chi connectivity index (χ1n) is 5.77. The van der Waals surface area contributed by atoms with Crippen LogP contribution in [0.2, 0.25) is 5.02 Å². The van der Waals surface area contributed by atoms with Crippen molar-refractivity contribution in [1.29, 1.82) is 0 Å². The number of sulfonamides is 1. The van der Waals surface area contributed by atoms with Crippen LogP contribution in [0.4, 0.5) is 5.13 Å². The fraction of sp³-hybridized carbons (Fsp3) is 0.273. The predicted octanol–water partition coefficient (Wildman–Crippen LogP) is 1.89. The summed E-state index contributed by atoms with van der Waals surface area (Å²) >= 11 is 7.02. The van der Waals surface area contributed by atoms with E-state index in [0.717, 1.165) is 0 Å². The van der Waals surface area contributed by atoms with Gasteiger partial charge in [0.2, 0.25) is 15.2 Å². The molecule has 1 aromatic carbocycles. The Morgan fingerprint density at radius 1 is 1.35 bits per heavy atom. The molecule has 0 atom stereocenters. The van der Waals surface area contributed by atoms with Crippen molar-refractivity contribution in [3.63, 3.8) is 0 Å². The van der Waals surface area contributed by atoms with Crippen molar-refractivity contribution in [3.05, 3.63) is 35.1 Å². The number of aromatic nitrogens is 2. The fourth-order valence-electron chi connectivity index (χ4n) is 1.44. The van der Waals surface area contributed by atoms with Gasteiger partial charge < -0.3 is 5.32 Å². The molecule has 0 unspecified atom stereocenters. The molecule has 108 valence electrons. The van der Waals surface area contributed by atoms with Crippen molar-refractivity contribution in [2.75, 3.05) is 18.4 Å². The molecule has 0 fully saturated rings. The van der Waals surface area contributed by atoms with E-state index < -0.39 is 10.0 Å². The summed E-state index contributed by atoms with van der Waals surface area (Å²) in [7, 11) is -3.54. The Labute approximate surface area is 126 Å². The maximum absolute atomic E-state index is 12.0. The quantitative estimate of drug-likeness (QED) is 0.789. The van der Waals surface area contributed by atoms with E-state index in [4.69, 9.17) is 11.6 Å². The van der Waals surface area contributed by atoms with Crippen LogP contribution in [-0.2, 0) is 10.0 Å². The summed E-state index contributed by atoms with van der Waals surface area (Å²) in [6, 6.07) is 6.13. The van der Waals surface area contributed by atoms with Gasteiger partial charge in [-0.25, -0.2) is 18.1 Å². The van der Waals surface area contributed by atoms with Crippen LogP contribution in [-0.4, -0.2) is 30.9 Å². The molecule has 2 N–H and O–H groups in total. The van der Waals surface area contributed by atoms with Gasteiger partial charge in [-0.05, 0) is 25.1 Å². The lowest BCUT2D eigenvalue weighted by Crippen LogP contribution is -2.28. The van der Waals surface area contributed by atoms with E-state index in [1.165, 1.54) is 23.7 Å². The second-order valence-corrected chi connectivity index (χ2v) is 6.88. The summed E-state index contributed by atoms with van der Waals surface area (Å²) in [6.45, 7) is 2.46. The van der Waals surface area contributed by atoms with Gasteiger partial charge in [0.1, 0.15) is 5.82 Å². The third kappa shape index (κ3) is 4.14. The monoisotopic (exact) mass is 332 g/mol. The first kappa shape index (κ1) is 15.2. The van der Waals surface area contributed by atoms with Crippen LogP contribution in [0.15, 0.2) is 29.2 Å². The van der Waals surface area contributed by atoms with Crippen molar-refractivity contribution in [2.45, 2.75) is 11.8 Å². The molecular formula is C11H13ClN4O2S2. The molecule has 1 aromatic heterocycles. The molecule has 6 nitrogen and oxygen atoms in total. The Balaban J connectivity index is 1.87. The van der Waals surface area contributed by atoms with Crippen LogP contribution < -0.4 is 10.0 Å². The third-order valence-corrected chi connectivity index (χ3v) is 4.79. The second-order valence-electron chi connectivity index (χ2n) is 3.93. The van der Waals surface area contributed by atoms with Crippen LogP contribution in [0, 0.1) is 6.92 Å². The number of hydrogen-bond acceptors (Lipinski definition) is 6. The average Bonchev–Trinajstić information content (AvgIpc) is 2.81. The minimum Gasteiger partial charge on any atom is -0.359 e. The molecule has 0 bridgehead atoms. The largest absolute Gasteiger partial charge is 0.359 e. The number of benzene rings is 1.